The standard InChI is InChI=1S/C13H14F3NO4/c14-13(15,16)9-3-5-10(6-4-9)21-8-11(18)17-7-1-2-12(19)20/h3-6H,1-2,7-8H2,(H,17,18)(H,19,20). The number of aliphatic carboxylic acids is 1. The Morgan fingerprint density at radius 1 is 1.19 bits per heavy atom. The van der Waals surface area contributed by atoms with Crippen LogP contribution >= 0.6 is 0 Å². The van der Waals surface area contributed by atoms with Gasteiger partial charge < -0.3 is 15.2 Å². The number of carboxylic acids is 1. The number of amides is 1. The highest BCUT2D eigenvalue weighted by atomic mass is 19.4. The van der Waals surface area contributed by atoms with Crippen LogP contribution in [0, 0.1) is 0 Å². The summed E-state index contributed by atoms with van der Waals surface area (Å²) in [7, 11) is 0. The lowest BCUT2D eigenvalue weighted by atomic mass is 10.2. The number of carbonyl (C=O) groups excluding carboxylic acids is 1. The maximum absolute atomic E-state index is 12.3. The van der Waals surface area contributed by atoms with Gasteiger partial charge in [-0.1, -0.05) is 0 Å². The van der Waals surface area contributed by atoms with E-state index < -0.39 is 23.6 Å². The average molecular weight is 305 g/mol. The lowest BCUT2D eigenvalue weighted by Gasteiger charge is -2.09. The van der Waals surface area contributed by atoms with Gasteiger partial charge in [-0.25, -0.2) is 0 Å². The summed E-state index contributed by atoms with van der Waals surface area (Å²) in [5.41, 5.74) is -0.798. The molecule has 1 aromatic rings. The van der Waals surface area contributed by atoms with Gasteiger partial charge in [0.05, 0.1) is 5.56 Å². The van der Waals surface area contributed by atoms with Gasteiger partial charge >= 0.3 is 12.1 Å². The smallest absolute Gasteiger partial charge is 0.416 e. The second-order valence-corrected chi connectivity index (χ2v) is 4.16. The molecule has 1 amide bonds. The summed E-state index contributed by atoms with van der Waals surface area (Å²) in [5, 5.41) is 10.8. The largest absolute Gasteiger partial charge is 0.484 e. The zero-order valence-electron chi connectivity index (χ0n) is 10.9. The predicted molar refractivity (Wildman–Crippen MR) is 66.8 cm³/mol. The molecule has 0 atom stereocenters. The highest BCUT2D eigenvalue weighted by Gasteiger charge is 2.30. The van der Waals surface area contributed by atoms with Gasteiger partial charge in [0.15, 0.2) is 6.61 Å². The van der Waals surface area contributed by atoms with Crippen molar-refractivity contribution >= 4 is 11.9 Å². The van der Waals surface area contributed by atoms with E-state index in [0.29, 0.717) is 6.42 Å². The Morgan fingerprint density at radius 3 is 2.33 bits per heavy atom. The van der Waals surface area contributed by atoms with Crippen LogP contribution in [0.4, 0.5) is 13.2 Å². The van der Waals surface area contributed by atoms with Gasteiger partial charge in [-0.2, -0.15) is 13.2 Å². The number of hydrogen-bond donors (Lipinski definition) is 2. The molecule has 5 nitrogen and oxygen atoms in total. The number of halogens is 3. The van der Waals surface area contributed by atoms with E-state index in [9.17, 15) is 22.8 Å². The molecule has 1 aromatic carbocycles. The monoisotopic (exact) mass is 305 g/mol. The van der Waals surface area contributed by atoms with Crippen molar-refractivity contribution in [2.75, 3.05) is 13.2 Å². The molecule has 116 valence electrons. The Labute approximate surface area is 118 Å². The molecule has 0 aliphatic carbocycles. The normalized spacial score (nSPS) is 11.0. The molecule has 2 N–H and O–H groups in total. The highest BCUT2D eigenvalue weighted by Crippen LogP contribution is 2.30. The number of benzene rings is 1. The van der Waals surface area contributed by atoms with Gasteiger partial charge in [0.2, 0.25) is 0 Å². The molecule has 0 radical (unpaired) electrons. The first kappa shape index (κ1) is 16.8. The highest BCUT2D eigenvalue weighted by molar-refractivity contribution is 5.77. The summed E-state index contributed by atoms with van der Waals surface area (Å²) in [6.45, 7) is -0.153. The minimum Gasteiger partial charge on any atom is -0.484 e. The van der Waals surface area contributed by atoms with Crippen LogP contribution in [0.15, 0.2) is 24.3 Å². The van der Waals surface area contributed by atoms with Gasteiger partial charge in [0.25, 0.3) is 5.91 Å². The second-order valence-electron chi connectivity index (χ2n) is 4.16. The zero-order valence-corrected chi connectivity index (χ0v) is 10.9. The Kier molecular flexibility index (Phi) is 6.01. The Bertz CT molecular complexity index is 485. The van der Waals surface area contributed by atoms with Gasteiger partial charge in [0, 0.05) is 13.0 Å². The number of alkyl halides is 3. The van der Waals surface area contributed by atoms with Crippen LogP contribution in [0.5, 0.6) is 5.75 Å². The fourth-order valence-electron chi connectivity index (χ4n) is 1.41. The van der Waals surface area contributed by atoms with Crippen LogP contribution in [-0.4, -0.2) is 30.1 Å². The summed E-state index contributed by atoms with van der Waals surface area (Å²) >= 11 is 0. The first-order chi connectivity index (χ1) is 9.79. The third-order valence-corrected chi connectivity index (χ3v) is 2.44. The number of ether oxygens (including phenoxy) is 1. The third-order valence-electron chi connectivity index (χ3n) is 2.44. The Morgan fingerprint density at radius 2 is 1.81 bits per heavy atom. The van der Waals surface area contributed by atoms with E-state index in [1.165, 1.54) is 0 Å². The summed E-state index contributed by atoms with van der Waals surface area (Å²) in [5.74, 6) is -1.28. The molecular weight excluding hydrogens is 291 g/mol. The molecule has 0 bridgehead atoms. The summed E-state index contributed by atoms with van der Waals surface area (Å²) in [4.78, 5) is 21.6. The molecule has 0 heterocycles. The number of rotatable bonds is 7. The lowest BCUT2D eigenvalue weighted by Crippen LogP contribution is -2.29. The summed E-state index contributed by atoms with van der Waals surface area (Å²) < 4.78 is 42.0. The second kappa shape index (κ2) is 7.51. The van der Waals surface area contributed by atoms with Gasteiger partial charge in [-0.05, 0) is 30.7 Å². The van der Waals surface area contributed by atoms with Crippen molar-refractivity contribution in [3.05, 3.63) is 29.8 Å². The molecule has 0 saturated heterocycles. The fourth-order valence-corrected chi connectivity index (χ4v) is 1.41. The molecule has 8 heteroatoms. The quantitative estimate of drug-likeness (QED) is 0.756. The predicted octanol–water partition coefficient (Wildman–Crippen LogP) is 2.07. The van der Waals surface area contributed by atoms with E-state index in [4.69, 9.17) is 9.84 Å². The topological polar surface area (TPSA) is 75.6 Å². The van der Waals surface area contributed by atoms with E-state index >= 15 is 0 Å². The Balaban J connectivity index is 2.31. The first-order valence-corrected chi connectivity index (χ1v) is 6.07. The van der Waals surface area contributed by atoms with Crippen LogP contribution in [0.3, 0.4) is 0 Å². The third kappa shape index (κ3) is 6.64. The van der Waals surface area contributed by atoms with Crippen molar-refractivity contribution < 1.29 is 32.6 Å². The van der Waals surface area contributed by atoms with Gasteiger partial charge in [0.1, 0.15) is 5.75 Å². The van der Waals surface area contributed by atoms with Crippen molar-refractivity contribution in [3.63, 3.8) is 0 Å². The van der Waals surface area contributed by atoms with Crippen LogP contribution in [0.25, 0.3) is 0 Å². The van der Waals surface area contributed by atoms with Crippen molar-refractivity contribution in [1.82, 2.24) is 5.32 Å². The summed E-state index contributed by atoms with van der Waals surface area (Å²) in [6.07, 6.45) is -4.18. The maximum atomic E-state index is 12.3. The zero-order chi connectivity index (χ0) is 15.9. The van der Waals surface area contributed by atoms with Crippen LogP contribution in [-0.2, 0) is 15.8 Å². The van der Waals surface area contributed by atoms with E-state index in [0.717, 1.165) is 24.3 Å². The van der Waals surface area contributed by atoms with Crippen molar-refractivity contribution in [2.45, 2.75) is 19.0 Å². The Hall–Kier alpha value is -2.25. The fraction of sp³-hybridized carbons (Fsp3) is 0.385. The van der Waals surface area contributed by atoms with Crippen molar-refractivity contribution in [2.24, 2.45) is 0 Å². The molecule has 0 aliphatic rings. The van der Waals surface area contributed by atoms with E-state index in [2.05, 4.69) is 5.32 Å². The van der Waals surface area contributed by atoms with E-state index in [-0.39, 0.29) is 25.3 Å². The van der Waals surface area contributed by atoms with Gasteiger partial charge in [-0.3, -0.25) is 9.59 Å². The molecule has 0 saturated carbocycles. The van der Waals surface area contributed by atoms with Gasteiger partial charge in [-0.15, -0.1) is 0 Å². The first-order valence-electron chi connectivity index (χ1n) is 6.07. The van der Waals surface area contributed by atoms with Crippen LogP contribution < -0.4 is 10.1 Å². The van der Waals surface area contributed by atoms with Crippen molar-refractivity contribution in [1.29, 1.82) is 0 Å². The molecule has 0 unspecified atom stereocenters. The van der Waals surface area contributed by atoms with Crippen LogP contribution in [0.2, 0.25) is 0 Å². The van der Waals surface area contributed by atoms with E-state index in [1.54, 1.807) is 0 Å². The van der Waals surface area contributed by atoms with Crippen LogP contribution in [0.1, 0.15) is 18.4 Å². The molecule has 0 fully saturated rings. The number of carboxylic acid groups (broad SMARTS) is 1. The SMILES string of the molecule is O=C(O)CCCNC(=O)COc1ccc(C(F)(F)F)cc1. The van der Waals surface area contributed by atoms with E-state index in [1.807, 2.05) is 0 Å². The molecule has 1 rings (SSSR count). The molecular formula is C13H14F3NO4. The number of carbonyl (C=O) groups is 2. The molecule has 0 aliphatic heterocycles. The minimum atomic E-state index is -4.42. The maximum Gasteiger partial charge on any atom is 0.416 e. The van der Waals surface area contributed by atoms with Crippen molar-refractivity contribution in [3.8, 4) is 5.75 Å². The molecule has 0 aromatic heterocycles. The minimum absolute atomic E-state index is 0.0555. The lowest BCUT2D eigenvalue weighted by molar-refractivity contribution is -0.138. The summed E-state index contributed by atoms with van der Waals surface area (Å²) in [6, 6.07) is 3.97. The molecule has 0 spiro atoms. The number of hydrogen-bond acceptors (Lipinski definition) is 3. The molecule has 21 heavy (non-hydrogen) atoms. The number of nitrogens with one attached hydrogen (secondary N) is 1. The average Bonchev–Trinajstić information content (AvgIpc) is 2.40.